The molecule has 0 aromatic heterocycles. The second-order valence-corrected chi connectivity index (χ2v) is 6.17. The van der Waals surface area contributed by atoms with Crippen molar-refractivity contribution in [2.24, 2.45) is 0 Å². The van der Waals surface area contributed by atoms with Gasteiger partial charge in [-0.25, -0.2) is 13.1 Å². The number of aliphatic hydroxyl groups excluding tert-OH is 1. The van der Waals surface area contributed by atoms with Crippen LogP contribution in [0.25, 0.3) is 0 Å². The normalized spacial score (nSPS) is 23.5. The van der Waals surface area contributed by atoms with Gasteiger partial charge in [-0.1, -0.05) is 6.07 Å². The molecule has 0 saturated carbocycles. The molecule has 106 valence electrons. The summed E-state index contributed by atoms with van der Waals surface area (Å²) in [5.41, 5.74) is 0.903. The summed E-state index contributed by atoms with van der Waals surface area (Å²) in [5, 5.41) is 9.59. The van der Waals surface area contributed by atoms with E-state index in [2.05, 4.69) is 4.72 Å². The van der Waals surface area contributed by atoms with Gasteiger partial charge in [-0.2, -0.15) is 0 Å². The molecule has 2 rings (SSSR count). The zero-order valence-electron chi connectivity index (χ0n) is 10.8. The van der Waals surface area contributed by atoms with Gasteiger partial charge >= 0.3 is 0 Å². The average Bonchev–Trinajstić information content (AvgIpc) is 2.74. The number of hydrogen-bond donors (Lipinski definition) is 2. The van der Waals surface area contributed by atoms with E-state index in [9.17, 15) is 13.5 Å². The molecule has 1 aliphatic rings. The number of rotatable bonds is 4. The highest BCUT2D eigenvalue weighted by atomic mass is 32.2. The Morgan fingerprint density at radius 3 is 2.74 bits per heavy atom. The number of methoxy groups -OCH3 is 1. The van der Waals surface area contributed by atoms with Gasteiger partial charge in [0, 0.05) is 0 Å². The van der Waals surface area contributed by atoms with Crippen LogP contribution < -0.4 is 9.46 Å². The van der Waals surface area contributed by atoms with Crippen molar-refractivity contribution in [1.29, 1.82) is 0 Å². The number of benzene rings is 1. The van der Waals surface area contributed by atoms with Crippen molar-refractivity contribution >= 4 is 10.0 Å². The molecule has 0 bridgehead atoms. The van der Waals surface area contributed by atoms with E-state index < -0.39 is 22.2 Å². The number of aliphatic hydroxyl groups is 1. The number of hydrogen-bond acceptors (Lipinski definition) is 5. The van der Waals surface area contributed by atoms with Crippen LogP contribution >= 0.6 is 0 Å². The van der Waals surface area contributed by atoms with E-state index >= 15 is 0 Å². The number of nitrogens with one attached hydrogen (secondary N) is 1. The molecule has 1 aromatic rings. The topological polar surface area (TPSA) is 84.9 Å². The lowest BCUT2D eigenvalue weighted by molar-refractivity contribution is 0.124. The first-order chi connectivity index (χ1) is 8.94. The Kier molecular flexibility index (Phi) is 4.10. The summed E-state index contributed by atoms with van der Waals surface area (Å²) in [5.74, 6) is 0.279. The van der Waals surface area contributed by atoms with Crippen LogP contribution in [0.5, 0.6) is 5.75 Å². The van der Waals surface area contributed by atoms with Crippen LogP contribution in [0, 0.1) is 6.92 Å². The van der Waals surface area contributed by atoms with Crippen molar-refractivity contribution in [2.75, 3.05) is 20.3 Å². The lowest BCUT2D eigenvalue weighted by Crippen LogP contribution is -2.42. The second-order valence-electron chi connectivity index (χ2n) is 4.49. The maximum Gasteiger partial charge on any atom is 0.244 e. The Labute approximate surface area is 112 Å². The molecule has 1 heterocycles. The third-order valence-corrected chi connectivity index (χ3v) is 4.50. The second kappa shape index (κ2) is 5.46. The average molecular weight is 287 g/mol. The van der Waals surface area contributed by atoms with Crippen LogP contribution in [0.15, 0.2) is 23.1 Å². The van der Waals surface area contributed by atoms with Gasteiger partial charge in [-0.3, -0.25) is 0 Å². The van der Waals surface area contributed by atoms with Gasteiger partial charge in [0.2, 0.25) is 10.0 Å². The Morgan fingerprint density at radius 2 is 2.16 bits per heavy atom. The molecule has 6 nitrogen and oxygen atoms in total. The molecular formula is C12H17NO5S. The highest BCUT2D eigenvalue weighted by molar-refractivity contribution is 7.89. The van der Waals surface area contributed by atoms with Crippen LogP contribution in [0.4, 0.5) is 0 Å². The monoisotopic (exact) mass is 287 g/mol. The molecule has 19 heavy (non-hydrogen) atoms. The molecule has 7 heteroatoms. The van der Waals surface area contributed by atoms with Crippen LogP contribution in [0.2, 0.25) is 0 Å². The number of aryl methyl sites for hydroxylation is 1. The fourth-order valence-electron chi connectivity index (χ4n) is 1.92. The van der Waals surface area contributed by atoms with E-state index in [1.807, 2.05) is 6.92 Å². The van der Waals surface area contributed by atoms with E-state index in [0.29, 0.717) is 0 Å². The molecule has 0 aliphatic carbocycles. The predicted molar refractivity (Wildman–Crippen MR) is 68.7 cm³/mol. The Hall–Kier alpha value is -1.15. The quantitative estimate of drug-likeness (QED) is 0.817. The summed E-state index contributed by atoms with van der Waals surface area (Å²) in [6, 6.07) is 4.20. The largest absolute Gasteiger partial charge is 0.495 e. The van der Waals surface area contributed by atoms with E-state index in [1.54, 1.807) is 12.1 Å². The van der Waals surface area contributed by atoms with Crippen molar-refractivity contribution in [1.82, 2.24) is 4.72 Å². The highest BCUT2D eigenvalue weighted by Gasteiger charge is 2.31. The van der Waals surface area contributed by atoms with Gasteiger partial charge in [-0.15, -0.1) is 0 Å². The molecule has 0 radical (unpaired) electrons. The Balaban J connectivity index is 2.29. The maximum absolute atomic E-state index is 12.3. The first-order valence-corrected chi connectivity index (χ1v) is 7.35. The summed E-state index contributed by atoms with van der Waals surface area (Å²) >= 11 is 0. The molecule has 0 unspecified atom stereocenters. The molecule has 1 aromatic carbocycles. The zero-order valence-corrected chi connectivity index (χ0v) is 11.6. The van der Waals surface area contributed by atoms with Gasteiger partial charge in [0.25, 0.3) is 0 Å². The van der Waals surface area contributed by atoms with Crippen LogP contribution in [-0.4, -0.2) is 46.0 Å². The summed E-state index contributed by atoms with van der Waals surface area (Å²) in [6.45, 7) is 2.15. The molecule has 1 fully saturated rings. The summed E-state index contributed by atoms with van der Waals surface area (Å²) in [7, 11) is -2.33. The van der Waals surface area contributed by atoms with Crippen molar-refractivity contribution in [3.8, 4) is 5.75 Å². The summed E-state index contributed by atoms with van der Waals surface area (Å²) < 4.78 is 37.1. The van der Waals surface area contributed by atoms with Crippen LogP contribution in [0.3, 0.4) is 0 Å². The lowest BCUT2D eigenvalue weighted by atomic mass is 10.2. The third kappa shape index (κ3) is 3.06. The van der Waals surface area contributed by atoms with Gasteiger partial charge in [0.15, 0.2) is 0 Å². The first kappa shape index (κ1) is 14.3. The predicted octanol–water partition coefficient (Wildman–Crippen LogP) is 0.0416. The minimum Gasteiger partial charge on any atom is -0.495 e. The molecule has 1 saturated heterocycles. The Bertz CT molecular complexity index is 557. The molecule has 0 amide bonds. The van der Waals surface area contributed by atoms with Crippen molar-refractivity contribution < 1.29 is 23.0 Å². The number of ether oxygens (including phenoxy) is 2. The minimum atomic E-state index is -3.75. The SMILES string of the molecule is COc1cc(C)ccc1S(=O)(=O)N[C@H]1COC[C@@H]1O. The zero-order chi connectivity index (χ0) is 14.0. The van der Waals surface area contributed by atoms with Gasteiger partial charge in [0.05, 0.1) is 32.5 Å². The molecule has 1 aliphatic heterocycles. The standard InChI is InChI=1S/C12H17NO5S/c1-8-3-4-12(11(5-8)17-2)19(15,16)13-9-6-18-7-10(9)14/h3-5,9-10,13-14H,6-7H2,1-2H3/t9-,10-/m0/s1. The molecule has 2 atom stereocenters. The van der Waals surface area contributed by atoms with E-state index in [-0.39, 0.29) is 23.9 Å². The fourth-order valence-corrected chi connectivity index (χ4v) is 3.32. The van der Waals surface area contributed by atoms with Crippen LogP contribution in [-0.2, 0) is 14.8 Å². The summed E-state index contributed by atoms with van der Waals surface area (Å²) in [4.78, 5) is 0.0553. The molecular weight excluding hydrogens is 270 g/mol. The van der Waals surface area contributed by atoms with Gasteiger partial charge < -0.3 is 14.6 Å². The fraction of sp³-hybridized carbons (Fsp3) is 0.500. The summed E-state index contributed by atoms with van der Waals surface area (Å²) in [6.07, 6.45) is -0.828. The highest BCUT2D eigenvalue weighted by Crippen LogP contribution is 2.25. The number of sulfonamides is 1. The van der Waals surface area contributed by atoms with Crippen molar-refractivity contribution in [3.05, 3.63) is 23.8 Å². The van der Waals surface area contributed by atoms with Crippen molar-refractivity contribution in [3.63, 3.8) is 0 Å². The van der Waals surface area contributed by atoms with Gasteiger partial charge in [-0.05, 0) is 24.6 Å². The minimum absolute atomic E-state index is 0.0553. The van der Waals surface area contributed by atoms with E-state index in [1.165, 1.54) is 13.2 Å². The molecule has 2 N–H and O–H groups in total. The third-order valence-electron chi connectivity index (χ3n) is 2.97. The smallest absolute Gasteiger partial charge is 0.244 e. The van der Waals surface area contributed by atoms with Gasteiger partial charge in [0.1, 0.15) is 10.6 Å². The lowest BCUT2D eigenvalue weighted by Gasteiger charge is -2.16. The van der Waals surface area contributed by atoms with Crippen molar-refractivity contribution in [2.45, 2.75) is 24.0 Å². The molecule has 0 spiro atoms. The maximum atomic E-state index is 12.3. The van der Waals surface area contributed by atoms with Crippen LogP contribution in [0.1, 0.15) is 5.56 Å². The van der Waals surface area contributed by atoms with E-state index in [0.717, 1.165) is 5.56 Å². The Morgan fingerprint density at radius 1 is 1.42 bits per heavy atom. The van der Waals surface area contributed by atoms with E-state index in [4.69, 9.17) is 9.47 Å². The first-order valence-electron chi connectivity index (χ1n) is 5.87.